The maximum absolute atomic E-state index is 12.3. The van der Waals surface area contributed by atoms with Crippen LogP contribution in [0.2, 0.25) is 0 Å². The Morgan fingerprint density at radius 1 is 1.00 bits per heavy atom. The highest BCUT2D eigenvalue weighted by molar-refractivity contribution is 5.99. The van der Waals surface area contributed by atoms with Crippen LogP contribution in [-0.4, -0.2) is 41.7 Å². The topological polar surface area (TPSA) is 94.7 Å². The summed E-state index contributed by atoms with van der Waals surface area (Å²) in [6.45, 7) is 10.6. The SMILES string of the molecule is CCOC(=O)Cc1[nH]c(C(=O)OC(C)(C)C)c(C)c1C(=O)OCC. The maximum Gasteiger partial charge on any atom is 0.355 e. The van der Waals surface area contributed by atoms with E-state index in [2.05, 4.69) is 4.98 Å². The summed E-state index contributed by atoms with van der Waals surface area (Å²) < 4.78 is 15.3. The normalized spacial score (nSPS) is 11.1. The third kappa shape index (κ3) is 5.11. The lowest BCUT2D eigenvalue weighted by Gasteiger charge is -2.19. The van der Waals surface area contributed by atoms with Gasteiger partial charge in [-0.05, 0) is 47.1 Å². The minimum Gasteiger partial charge on any atom is -0.466 e. The number of hydrogen-bond acceptors (Lipinski definition) is 6. The Morgan fingerprint density at radius 2 is 1.58 bits per heavy atom. The van der Waals surface area contributed by atoms with Crippen LogP contribution in [-0.2, 0) is 25.4 Å². The van der Waals surface area contributed by atoms with Gasteiger partial charge in [0.1, 0.15) is 11.3 Å². The lowest BCUT2D eigenvalue weighted by molar-refractivity contribution is -0.142. The zero-order chi connectivity index (χ0) is 18.5. The van der Waals surface area contributed by atoms with Gasteiger partial charge in [0.05, 0.1) is 25.2 Å². The monoisotopic (exact) mass is 339 g/mol. The highest BCUT2D eigenvalue weighted by Crippen LogP contribution is 2.23. The Morgan fingerprint density at radius 3 is 2.08 bits per heavy atom. The lowest BCUT2D eigenvalue weighted by Crippen LogP contribution is -2.24. The van der Waals surface area contributed by atoms with E-state index in [-0.39, 0.29) is 36.6 Å². The molecule has 1 N–H and O–H groups in total. The molecule has 0 bridgehead atoms. The minimum atomic E-state index is -0.681. The number of carbonyl (C=O) groups is 3. The van der Waals surface area contributed by atoms with Crippen LogP contribution in [0.4, 0.5) is 0 Å². The summed E-state index contributed by atoms with van der Waals surface area (Å²) in [6.07, 6.45) is -0.161. The Hall–Kier alpha value is -2.31. The highest BCUT2D eigenvalue weighted by Gasteiger charge is 2.28. The number of H-pyrrole nitrogens is 1. The molecule has 0 amide bonds. The fourth-order valence-electron chi connectivity index (χ4n) is 2.16. The second kappa shape index (κ2) is 7.99. The summed E-state index contributed by atoms with van der Waals surface area (Å²) in [5, 5.41) is 0. The summed E-state index contributed by atoms with van der Waals surface area (Å²) in [6, 6.07) is 0. The molecule has 0 unspecified atom stereocenters. The molecule has 0 aromatic carbocycles. The molecule has 0 aliphatic heterocycles. The van der Waals surface area contributed by atoms with Gasteiger partial charge in [-0.25, -0.2) is 9.59 Å². The van der Waals surface area contributed by atoms with Crippen LogP contribution in [0.3, 0.4) is 0 Å². The van der Waals surface area contributed by atoms with Gasteiger partial charge in [0.2, 0.25) is 0 Å². The molecule has 0 radical (unpaired) electrons. The Balaban J connectivity index is 3.25. The number of aromatic nitrogens is 1. The summed E-state index contributed by atoms with van der Waals surface area (Å²) in [7, 11) is 0. The van der Waals surface area contributed by atoms with Crippen LogP contribution in [0.15, 0.2) is 0 Å². The van der Waals surface area contributed by atoms with Crippen LogP contribution in [0, 0.1) is 6.92 Å². The Kier molecular flexibility index (Phi) is 6.57. The van der Waals surface area contributed by atoms with Gasteiger partial charge < -0.3 is 19.2 Å². The molecule has 0 spiro atoms. The van der Waals surface area contributed by atoms with Crippen molar-refractivity contribution in [1.82, 2.24) is 4.98 Å². The zero-order valence-electron chi connectivity index (χ0n) is 15.1. The van der Waals surface area contributed by atoms with Crippen molar-refractivity contribution in [3.63, 3.8) is 0 Å². The quantitative estimate of drug-likeness (QED) is 0.632. The van der Waals surface area contributed by atoms with Crippen molar-refractivity contribution in [3.8, 4) is 0 Å². The second-order valence-corrected chi connectivity index (χ2v) is 6.18. The molecule has 0 atom stereocenters. The van der Waals surface area contributed by atoms with Crippen molar-refractivity contribution < 1.29 is 28.6 Å². The van der Waals surface area contributed by atoms with Crippen LogP contribution < -0.4 is 0 Å². The predicted octanol–water partition coefficient (Wildman–Crippen LogP) is 2.56. The first kappa shape index (κ1) is 19.7. The molecule has 134 valence electrons. The first-order chi connectivity index (χ1) is 11.1. The van der Waals surface area contributed by atoms with Crippen molar-refractivity contribution >= 4 is 17.9 Å². The van der Waals surface area contributed by atoms with Crippen LogP contribution in [0.5, 0.6) is 0 Å². The number of aromatic amines is 1. The van der Waals surface area contributed by atoms with E-state index in [1.54, 1.807) is 41.5 Å². The van der Waals surface area contributed by atoms with Gasteiger partial charge in [-0.15, -0.1) is 0 Å². The predicted molar refractivity (Wildman–Crippen MR) is 87.0 cm³/mol. The number of hydrogen-bond donors (Lipinski definition) is 1. The molecule has 0 saturated heterocycles. The van der Waals surface area contributed by atoms with Crippen molar-refractivity contribution in [2.24, 2.45) is 0 Å². The third-order valence-corrected chi connectivity index (χ3v) is 3.04. The molecular formula is C17H25NO6. The van der Waals surface area contributed by atoms with Crippen LogP contribution in [0.25, 0.3) is 0 Å². The number of rotatable bonds is 6. The van der Waals surface area contributed by atoms with Crippen molar-refractivity contribution in [2.75, 3.05) is 13.2 Å². The maximum atomic E-state index is 12.3. The van der Waals surface area contributed by atoms with E-state index in [0.29, 0.717) is 5.56 Å². The van der Waals surface area contributed by atoms with E-state index in [4.69, 9.17) is 14.2 Å². The van der Waals surface area contributed by atoms with E-state index >= 15 is 0 Å². The van der Waals surface area contributed by atoms with Crippen LogP contribution >= 0.6 is 0 Å². The smallest absolute Gasteiger partial charge is 0.355 e. The first-order valence-corrected chi connectivity index (χ1v) is 7.88. The fraction of sp³-hybridized carbons (Fsp3) is 0.588. The zero-order valence-corrected chi connectivity index (χ0v) is 15.1. The van der Waals surface area contributed by atoms with Gasteiger partial charge >= 0.3 is 17.9 Å². The van der Waals surface area contributed by atoms with Gasteiger partial charge in [0.25, 0.3) is 0 Å². The molecule has 7 heteroatoms. The van der Waals surface area contributed by atoms with Crippen molar-refractivity contribution in [1.29, 1.82) is 0 Å². The van der Waals surface area contributed by atoms with Crippen molar-refractivity contribution in [3.05, 3.63) is 22.5 Å². The molecule has 0 fully saturated rings. The molecule has 0 aliphatic carbocycles. The van der Waals surface area contributed by atoms with Gasteiger partial charge in [0.15, 0.2) is 0 Å². The summed E-state index contributed by atoms with van der Waals surface area (Å²) in [4.78, 5) is 39.1. The van der Waals surface area contributed by atoms with E-state index in [1.807, 2.05) is 0 Å². The molecule has 24 heavy (non-hydrogen) atoms. The molecule has 7 nitrogen and oxygen atoms in total. The van der Waals surface area contributed by atoms with Crippen molar-refractivity contribution in [2.45, 2.75) is 53.6 Å². The molecule has 1 aromatic heterocycles. The summed E-state index contributed by atoms with van der Waals surface area (Å²) in [5.74, 6) is -1.69. The average molecular weight is 339 g/mol. The summed E-state index contributed by atoms with van der Waals surface area (Å²) >= 11 is 0. The van der Waals surface area contributed by atoms with Gasteiger partial charge in [0, 0.05) is 5.69 Å². The van der Waals surface area contributed by atoms with E-state index in [1.165, 1.54) is 0 Å². The highest BCUT2D eigenvalue weighted by atomic mass is 16.6. The molecule has 1 heterocycles. The Labute approximate surface area is 141 Å². The second-order valence-electron chi connectivity index (χ2n) is 6.18. The molecular weight excluding hydrogens is 314 g/mol. The number of nitrogens with one attached hydrogen (secondary N) is 1. The largest absolute Gasteiger partial charge is 0.466 e. The van der Waals surface area contributed by atoms with E-state index in [0.717, 1.165) is 0 Å². The van der Waals surface area contributed by atoms with Gasteiger partial charge in [-0.3, -0.25) is 4.79 Å². The molecule has 1 rings (SSSR count). The average Bonchev–Trinajstić information content (AvgIpc) is 2.74. The summed E-state index contributed by atoms with van der Waals surface area (Å²) in [5.41, 5.74) is 0.297. The fourth-order valence-corrected chi connectivity index (χ4v) is 2.16. The third-order valence-electron chi connectivity index (χ3n) is 3.04. The molecule has 0 saturated carbocycles. The number of ether oxygens (including phenoxy) is 3. The van der Waals surface area contributed by atoms with Gasteiger partial charge in [-0.1, -0.05) is 0 Å². The number of carbonyl (C=O) groups excluding carboxylic acids is 3. The molecule has 1 aromatic rings. The standard InChI is InChI=1S/C17H25NO6/c1-7-22-12(19)9-11-13(15(20)23-8-2)10(3)14(18-11)16(21)24-17(4,5)6/h18H,7-9H2,1-6H3. The number of esters is 3. The first-order valence-electron chi connectivity index (χ1n) is 7.88. The van der Waals surface area contributed by atoms with Crippen LogP contribution in [0.1, 0.15) is 66.7 Å². The lowest BCUT2D eigenvalue weighted by atomic mass is 10.1. The Bertz CT molecular complexity index is 624. The van der Waals surface area contributed by atoms with Gasteiger partial charge in [-0.2, -0.15) is 0 Å². The minimum absolute atomic E-state index is 0.132. The molecule has 0 aliphatic rings. The van der Waals surface area contributed by atoms with E-state index in [9.17, 15) is 14.4 Å². The van der Waals surface area contributed by atoms with E-state index < -0.39 is 23.5 Å².